The van der Waals surface area contributed by atoms with E-state index in [9.17, 15) is 10.1 Å². The molecular formula is C61H63ClN8O3Ru. The van der Waals surface area contributed by atoms with E-state index in [0.29, 0.717) is 29.2 Å². The Kier molecular flexibility index (Phi) is 26.5. The Morgan fingerprint density at radius 2 is 1.18 bits per heavy atom. The number of unbranched alkanes of at least 4 members (excludes halogenated alkanes) is 1. The zero-order valence-electron chi connectivity index (χ0n) is 42.8. The van der Waals surface area contributed by atoms with Gasteiger partial charge in [0.1, 0.15) is 29.4 Å². The number of benzene rings is 2. The van der Waals surface area contributed by atoms with E-state index >= 15 is 0 Å². The summed E-state index contributed by atoms with van der Waals surface area (Å²) in [5.74, 6) is 1.93. The molecule has 0 saturated heterocycles. The molecule has 1 unspecified atom stereocenters. The number of allylic oxidation sites excluding steroid dienone is 2. The number of methoxy groups -OCH3 is 1. The second-order valence-corrected chi connectivity index (χ2v) is 16.6. The monoisotopic (exact) mass is 1090 g/mol. The number of hydrogen-bond acceptors (Lipinski definition) is 11. The first-order valence-corrected chi connectivity index (χ1v) is 24.8. The van der Waals surface area contributed by atoms with Gasteiger partial charge in [-0.25, -0.2) is 0 Å². The summed E-state index contributed by atoms with van der Waals surface area (Å²) < 4.78 is 12.0. The molecule has 1 aliphatic rings. The van der Waals surface area contributed by atoms with Crippen LogP contribution in [0.1, 0.15) is 62.8 Å². The van der Waals surface area contributed by atoms with Crippen LogP contribution in [0.5, 0.6) is 5.75 Å². The molecule has 0 radical (unpaired) electrons. The summed E-state index contributed by atoms with van der Waals surface area (Å²) in [7, 11) is 1.68. The van der Waals surface area contributed by atoms with E-state index < -0.39 is 0 Å². The number of ether oxygens (including phenoxy) is 2. The van der Waals surface area contributed by atoms with Gasteiger partial charge >= 0.3 is 0 Å². The van der Waals surface area contributed by atoms with Crippen LogP contribution < -0.4 is 9.64 Å². The third kappa shape index (κ3) is 18.5. The molecule has 11 nitrogen and oxygen atoms in total. The van der Waals surface area contributed by atoms with Gasteiger partial charge in [0.25, 0.3) is 0 Å². The first kappa shape index (κ1) is 59.0. The molecule has 13 heteroatoms. The molecule has 6 aromatic heterocycles. The number of halogens is 1. The van der Waals surface area contributed by atoms with E-state index in [-0.39, 0.29) is 25.6 Å². The molecule has 9 rings (SSSR count). The van der Waals surface area contributed by atoms with Crippen molar-refractivity contribution in [2.75, 3.05) is 31.0 Å². The first-order valence-electron chi connectivity index (χ1n) is 24.3. The number of carbonyl (C=O) groups excluding carboxylic acids is 1. The molecular weight excluding hydrogens is 1030 g/mol. The largest absolute Gasteiger partial charge is 0.455 e. The summed E-state index contributed by atoms with van der Waals surface area (Å²) in [4.78, 5) is 37.9. The van der Waals surface area contributed by atoms with Gasteiger partial charge in [0.15, 0.2) is 0 Å². The minimum Gasteiger partial charge on any atom is -0.455 e. The quantitative estimate of drug-likeness (QED) is 0.0358. The van der Waals surface area contributed by atoms with Crippen molar-refractivity contribution in [3.8, 4) is 46.0 Å². The van der Waals surface area contributed by atoms with Crippen LogP contribution in [0.2, 0.25) is 0 Å². The standard InChI is InChI=1S/C29H30N4O2.2C10H8N2.C10H12O.C2H5Cl.Ru/c1-6-33(7-2)22-8-9-23-24(20(4)34-5)17-29(35-28(23)16-22)25(18-30)21-11-13-32-27(15-21)26-14-19(3)10-12-31-26;2*1-3-7-11-9(5-1)10-6-2-4-8-12-10;11-9-5-4-8-10-6-2-1-3-7-10;1-2-3;/h8-17,20H,6-7H2,1-5H3;2*1-8H;1-3,6-7,9H,4-5,8H2;2H2,1H3;/b29-25-;;;;;. The zero-order valence-corrected chi connectivity index (χ0v) is 45.3. The van der Waals surface area contributed by atoms with Crippen molar-refractivity contribution in [1.29, 1.82) is 5.26 Å². The van der Waals surface area contributed by atoms with Gasteiger partial charge in [-0.2, -0.15) is 5.26 Å². The number of carbonyl (C=O) groups is 1. The molecule has 0 spiro atoms. The Hall–Kier alpha value is -7.55. The number of nitriles is 1. The molecule has 0 fully saturated rings. The summed E-state index contributed by atoms with van der Waals surface area (Å²) in [6.07, 6.45) is 15.9. The third-order valence-electron chi connectivity index (χ3n) is 11.1. The minimum absolute atomic E-state index is 0. The molecule has 0 N–H and O–H groups in total. The summed E-state index contributed by atoms with van der Waals surface area (Å²) in [6, 6.07) is 49.6. The molecule has 7 heterocycles. The van der Waals surface area contributed by atoms with E-state index in [1.807, 2.05) is 148 Å². The van der Waals surface area contributed by atoms with Crippen molar-refractivity contribution in [2.45, 2.75) is 60.0 Å². The fourth-order valence-electron chi connectivity index (χ4n) is 7.33. The number of aryl methyl sites for hydroxylation is 2. The van der Waals surface area contributed by atoms with Crippen LogP contribution in [-0.2, 0) is 35.4 Å². The van der Waals surface area contributed by atoms with E-state index in [1.165, 1.54) is 5.56 Å². The topological polar surface area (TPSA) is 140 Å². The fraction of sp³-hybridized carbons (Fsp3) is 0.213. The zero-order chi connectivity index (χ0) is 52.0. The molecule has 0 aliphatic carbocycles. The van der Waals surface area contributed by atoms with Gasteiger partial charge in [-0.05, 0) is 154 Å². The van der Waals surface area contributed by atoms with Gasteiger partial charge in [0, 0.05) is 106 Å². The van der Waals surface area contributed by atoms with Gasteiger partial charge < -0.3 is 19.2 Å². The van der Waals surface area contributed by atoms with E-state index in [2.05, 4.69) is 79.0 Å². The number of hydrogen-bond donors (Lipinski definition) is 0. The number of aromatic nitrogens is 6. The normalized spacial score (nSPS) is 11.8. The second kappa shape index (κ2) is 33.2. The van der Waals surface area contributed by atoms with Gasteiger partial charge in [0.05, 0.1) is 40.3 Å². The maximum absolute atomic E-state index is 10.2. The van der Waals surface area contributed by atoms with Crippen LogP contribution in [0, 0.1) is 18.3 Å². The molecule has 1 aliphatic heterocycles. The summed E-state index contributed by atoms with van der Waals surface area (Å²) in [5.41, 5.74) is 11.7. The molecule has 74 heavy (non-hydrogen) atoms. The van der Waals surface area contributed by atoms with Gasteiger partial charge in [0.2, 0.25) is 0 Å². The summed E-state index contributed by atoms with van der Waals surface area (Å²) in [5, 5.41) is 10.2. The minimum atomic E-state index is -0.170. The average Bonchev–Trinajstić information content (AvgIpc) is 3.45. The number of fused-ring (bicyclic) bond motifs is 1. The second-order valence-electron chi connectivity index (χ2n) is 16.1. The number of pyridine rings is 6. The maximum Gasteiger partial charge on any atom is 0.146 e. The SMILES string of the molecule is CCCl.CCN(CC)c1ccc2c(c1)O/C(=C(/C#N)c1ccnc(-c3cc(C)ccn3)c1)C=C2C(C)OC.O=CCCCc1ccccc1.[Ru].c1ccc(-c2ccccn2)nc1.c1ccc(-c2ccccn2)nc1. The van der Waals surface area contributed by atoms with Crippen molar-refractivity contribution in [3.05, 3.63) is 217 Å². The molecule has 2 aromatic carbocycles. The van der Waals surface area contributed by atoms with Crippen molar-refractivity contribution in [3.63, 3.8) is 0 Å². The van der Waals surface area contributed by atoms with Crippen molar-refractivity contribution in [1.82, 2.24) is 29.9 Å². The number of nitrogens with zero attached hydrogens (tertiary/aromatic N) is 8. The van der Waals surface area contributed by atoms with E-state index in [4.69, 9.17) is 21.1 Å². The van der Waals surface area contributed by atoms with E-state index in [0.717, 1.165) is 94.5 Å². The van der Waals surface area contributed by atoms with Gasteiger partial charge in [-0.3, -0.25) is 29.9 Å². The molecule has 0 amide bonds. The molecule has 1 atom stereocenters. The molecule has 8 aromatic rings. The Morgan fingerprint density at radius 1 is 0.676 bits per heavy atom. The Labute approximate surface area is 454 Å². The number of aldehydes is 1. The Bertz CT molecular complexity index is 2830. The predicted molar refractivity (Wildman–Crippen MR) is 297 cm³/mol. The molecule has 0 bridgehead atoms. The van der Waals surface area contributed by atoms with Crippen molar-refractivity contribution >= 4 is 34.7 Å². The van der Waals surface area contributed by atoms with Crippen LogP contribution in [0.3, 0.4) is 0 Å². The van der Waals surface area contributed by atoms with Crippen molar-refractivity contribution in [2.24, 2.45) is 0 Å². The number of alkyl halides is 1. The van der Waals surface area contributed by atoms with Crippen LogP contribution >= 0.6 is 11.6 Å². The predicted octanol–water partition coefficient (Wildman–Crippen LogP) is 13.8. The molecule has 0 saturated carbocycles. The molecule has 380 valence electrons. The van der Waals surface area contributed by atoms with Crippen LogP contribution in [0.15, 0.2) is 195 Å². The summed E-state index contributed by atoms with van der Waals surface area (Å²) in [6.45, 7) is 12.0. The smallest absolute Gasteiger partial charge is 0.146 e. The number of rotatable bonds is 13. The van der Waals surface area contributed by atoms with Crippen molar-refractivity contribution < 1.29 is 33.7 Å². The fourth-order valence-corrected chi connectivity index (χ4v) is 7.33. The Balaban J connectivity index is 0.000000246. The van der Waals surface area contributed by atoms with Gasteiger partial charge in [-0.15, -0.1) is 11.6 Å². The number of anilines is 1. The average molecular weight is 1090 g/mol. The van der Waals surface area contributed by atoms with Crippen LogP contribution in [-0.4, -0.2) is 68.4 Å². The maximum atomic E-state index is 10.2. The summed E-state index contributed by atoms with van der Waals surface area (Å²) >= 11 is 5.00. The van der Waals surface area contributed by atoms with Crippen LogP contribution in [0.4, 0.5) is 5.69 Å². The Morgan fingerprint density at radius 3 is 1.64 bits per heavy atom. The van der Waals surface area contributed by atoms with Gasteiger partial charge in [-0.1, -0.05) is 61.5 Å². The third-order valence-corrected chi connectivity index (χ3v) is 11.1. The first-order chi connectivity index (χ1) is 35.8. The van der Waals surface area contributed by atoms with E-state index in [1.54, 1.807) is 44.3 Å². The van der Waals surface area contributed by atoms with Crippen LogP contribution in [0.25, 0.3) is 45.3 Å².